The van der Waals surface area contributed by atoms with E-state index in [4.69, 9.17) is 4.74 Å². The van der Waals surface area contributed by atoms with Crippen molar-refractivity contribution >= 4 is 11.8 Å². The highest BCUT2D eigenvalue weighted by molar-refractivity contribution is 6.01. The number of esters is 1. The van der Waals surface area contributed by atoms with Crippen molar-refractivity contribution in [2.75, 3.05) is 0 Å². The van der Waals surface area contributed by atoms with Crippen LogP contribution in [0.1, 0.15) is 54.0 Å². The van der Waals surface area contributed by atoms with Crippen LogP contribution in [-0.2, 0) is 10.2 Å². The van der Waals surface area contributed by atoms with Crippen LogP contribution in [-0.4, -0.2) is 17.9 Å². The van der Waals surface area contributed by atoms with Gasteiger partial charge in [0, 0.05) is 11.6 Å². The molecule has 0 aliphatic carbocycles. The van der Waals surface area contributed by atoms with E-state index in [0.717, 1.165) is 17.7 Å². The normalized spacial score (nSPS) is 12.6. The Morgan fingerprint density at radius 3 is 1.92 bits per heavy atom. The molecule has 0 aromatic heterocycles. The minimum absolute atomic E-state index is 0.0406. The third kappa shape index (κ3) is 4.72. The quantitative estimate of drug-likeness (QED) is 0.596. The van der Waals surface area contributed by atoms with Gasteiger partial charge in [-0.2, -0.15) is 0 Å². The van der Waals surface area contributed by atoms with E-state index >= 15 is 0 Å². The molecule has 0 N–H and O–H groups in total. The van der Waals surface area contributed by atoms with Gasteiger partial charge in [0.1, 0.15) is 11.6 Å². The molecule has 1 unspecified atom stereocenters. The number of benzene rings is 2. The molecule has 0 heterocycles. The molecule has 0 fully saturated rings. The van der Waals surface area contributed by atoms with Crippen molar-refractivity contribution in [1.29, 1.82) is 0 Å². The number of hydrogen-bond donors (Lipinski definition) is 0. The van der Waals surface area contributed by atoms with Crippen molar-refractivity contribution in [3.63, 3.8) is 0 Å². The summed E-state index contributed by atoms with van der Waals surface area (Å²) in [5, 5.41) is 0. The maximum absolute atomic E-state index is 13.2. The number of halogens is 2. The number of ether oxygens (including phenoxy) is 1. The fourth-order valence-corrected chi connectivity index (χ4v) is 2.32. The van der Waals surface area contributed by atoms with Crippen LogP contribution < -0.4 is 0 Å². The van der Waals surface area contributed by atoms with Gasteiger partial charge in [-0.15, -0.1) is 0 Å². The summed E-state index contributed by atoms with van der Waals surface area (Å²) >= 11 is 0. The summed E-state index contributed by atoms with van der Waals surface area (Å²) in [4.78, 5) is 24.4. The lowest BCUT2D eigenvalue weighted by atomic mass is 9.86. The van der Waals surface area contributed by atoms with E-state index in [1.54, 1.807) is 12.1 Å². The van der Waals surface area contributed by atoms with E-state index in [1.807, 2.05) is 12.1 Å². The predicted octanol–water partition coefficient (Wildman–Crippen LogP) is 4.69. The monoisotopic (exact) mass is 346 g/mol. The van der Waals surface area contributed by atoms with Crippen LogP contribution in [0.4, 0.5) is 8.78 Å². The number of rotatable bonds is 4. The fourth-order valence-electron chi connectivity index (χ4n) is 2.32. The highest BCUT2D eigenvalue weighted by atomic mass is 19.1. The average molecular weight is 346 g/mol. The molecule has 0 amide bonds. The lowest BCUT2D eigenvalue weighted by molar-refractivity contribution is 0.0318. The zero-order valence-electron chi connectivity index (χ0n) is 14.6. The van der Waals surface area contributed by atoms with Gasteiger partial charge in [-0.1, -0.05) is 45.0 Å². The number of hydrogen-bond acceptors (Lipinski definition) is 3. The molecule has 0 saturated heterocycles. The fraction of sp³-hybridized carbons (Fsp3) is 0.300. The van der Waals surface area contributed by atoms with Gasteiger partial charge in [0.2, 0.25) is 5.78 Å². The van der Waals surface area contributed by atoms with E-state index in [9.17, 15) is 18.4 Å². The molecule has 0 aliphatic heterocycles. The van der Waals surface area contributed by atoms with Crippen molar-refractivity contribution in [2.24, 2.45) is 0 Å². The average Bonchev–Trinajstić information content (AvgIpc) is 2.52. The summed E-state index contributed by atoms with van der Waals surface area (Å²) in [6.07, 6.45) is -1.07. The van der Waals surface area contributed by atoms with E-state index in [1.165, 1.54) is 6.92 Å². The van der Waals surface area contributed by atoms with Crippen molar-refractivity contribution in [2.45, 2.75) is 39.2 Å². The number of Topliss-reactive ketones (excluding diaryl/α,β-unsaturated/α-hetero) is 1. The predicted molar refractivity (Wildman–Crippen MR) is 90.7 cm³/mol. The van der Waals surface area contributed by atoms with Crippen LogP contribution in [0.25, 0.3) is 0 Å². The molecule has 2 aromatic rings. The van der Waals surface area contributed by atoms with Crippen molar-refractivity contribution in [3.8, 4) is 0 Å². The second kappa shape index (κ2) is 7.13. The molecular formula is C20H20F2O3. The van der Waals surface area contributed by atoms with Gasteiger partial charge in [-0.05, 0) is 30.0 Å². The van der Waals surface area contributed by atoms with Crippen molar-refractivity contribution in [1.82, 2.24) is 0 Å². The van der Waals surface area contributed by atoms with Gasteiger partial charge in [0.05, 0.1) is 5.56 Å². The zero-order valence-corrected chi connectivity index (χ0v) is 14.6. The minimum Gasteiger partial charge on any atom is -0.451 e. The Hall–Kier alpha value is -2.56. The lowest BCUT2D eigenvalue weighted by Crippen LogP contribution is -2.24. The lowest BCUT2D eigenvalue weighted by Gasteiger charge is -2.19. The van der Waals surface area contributed by atoms with Crippen LogP contribution in [0, 0.1) is 11.6 Å². The van der Waals surface area contributed by atoms with Gasteiger partial charge in [-0.3, -0.25) is 4.79 Å². The largest absolute Gasteiger partial charge is 0.451 e. The van der Waals surface area contributed by atoms with Gasteiger partial charge in [0.25, 0.3) is 0 Å². The first-order chi connectivity index (χ1) is 11.6. The first kappa shape index (κ1) is 18.8. The van der Waals surface area contributed by atoms with Crippen LogP contribution in [0.3, 0.4) is 0 Å². The third-order valence-electron chi connectivity index (χ3n) is 3.79. The van der Waals surface area contributed by atoms with Crippen LogP contribution in [0.15, 0.2) is 42.5 Å². The van der Waals surface area contributed by atoms with Gasteiger partial charge in [0.15, 0.2) is 6.10 Å². The number of carbonyl (C=O) groups is 2. The number of carbonyl (C=O) groups excluding carboxylic acids is 2. The molecule has 132 valence electrons. The summed E-state index contributed by atoms with van der Waals surface area (Å²) in [7, 11) is 0. The van der Waals surface area contributed by atoms with Crippen LogP contribution in [0.2, 0.25) is 0 Å². The molecule has 25 heavy (non-hydrogen) atoms. The summed E-state index contributed by atoms with van der Waals surface area (Å²) in [6, 6.07) is 9.43. The smallest absolute Gasteiger partial charge is 0.339 e. The third-order valence-corrected chi connectivity index (χ3v) is 3.79. The van der Waals surface area contributed by atoms with E-state index in [-0.39, 0.29) is 16.8 Å². The second-order valence-corrected chi connectivity index (χ2v) is 6.90. The molecule has 3 nitrogen and oxygen atoms in total. The van der Waals surface area contributed by atoms with Crippen molar-refractivity contribution < 1.29 is 23.1 Å². The SMILES string of the molecule is CC(OC(=O)c1cc(F)cc(F)c1)C(=O)c1ccc(C(C)(C)C)cc1. The Balaban J connectivity index is 2.10. The zero-order chi connectivity index (χ0) is 18.8. The summed E-state index contributed by atoms with van der Waals surface area (Å²) in [6.45, 7) is 7.61. The Labute approximate surface area is 145 Å². The maximum atomic E-state index is 13.2. The first-order valence-corrected chi connectivity index (χ1v) is 7.90. The second-order valence-electron chi connectivity index (χ2n) is 6.90. The van der Waals surface area contributed by atoms with Crippen LogP contribution in [0.5, 0.6) is 0 Å². The van der Waals surface area contributed by atoms with Crippen LogP contribution >= 0.6 is 0 Å². The molecule has 5 heteroatoms. The molecule has 0 bridgehead atoms. The molecule has 0 spiro atoms. The highest BCUT2D eigenvalue weighted by Gasteiger charge is 2.22. The van der Waals surface area contributed by atoms with E-state index in [0.29, 0.717) is 11.6 Å². The Kier molecular flexibility index (Phi) is 5.36. The van der Waals surface area contributed by atoms with Crippen molar-refractivity contribution in [3.05, 3.63) is 70.8 Å². The summed E-state index contributed by atoms with van der Waals surface area (Å²) in [5.41, 5.74) is 1.16. The molecule has 0 aliphatic rings. The Morgan fingerprint density at radius 1 is 0.920 bits per heavy atom. The molecule has 1 atom stereocenters. The molecule has 2 rings (SSSR count). The molecular weight excluding hydrogens is 326 g/mol. The Bertz CT molecular complexity index is 769. The standard InChI is InChI=1S/C20H20F2O3/c1-12(25-19(24)14-9-16(21)11-17(22)10-14)18(23)13-5-7-15(8-6-13)20(2,3)4/h5-12H,1-4H3. The summed E-state index contributed by atoms with van der Waals surface area (Å²) in [5.74, 6) is -3.11. The highest BCUT2D eigenvalue weighted by Crippen LogP contribution is 2.22. The van der Waals surface area contributed by atoms with Gasteiger partial charge >= 0.3 is 5.97 Å². The first-order valence-electron chi connectivity index (χ1n) is 7.90. The van der Waals surface area contributed by atoms with E-state index < -0.39 is 23.7 Å². The Morgan fingerprint density at radius 2 is 1.44 bits per heavy atom. The maximum Gasteiger partial charge on any atom is 0.339 e. The van der Waals surface area contributed by atoms with Gasteiger partial charge in [-0.25, -0.2) is 13.6 Å². The molecule has 0 saturated carbocycles. The molecule has 0 radical (unpaired) electrons. The summed E-state index contributed by atoms with van der Waals surface area (Å²) < 4.78 is 31.4. The van der Waals surface area contributed by atoms with Gasteiger partial charge < -0.3 is 4.74 Å². The molecule has 2 aromatic carbocycles. The topological polar surface area (TPSA) is 43.4 Å². The van der Waals surface area contributed by atoms with E-state index in [2.05, 4.69) is 20.8 Å². The number of ketones is 1. The minimum atomic E-state index is -1.07.